The van der Waals surface area contributed by atoms with E-state index in [1.54, 1.807) is 5.56 Å². The summed E-state index contributed by atoms with van der Waals surface area (Å²) in [7, 11) is 0. The normalized spacial score (nSPS) is 10.6. The van der Waals surface area contributed by atoms with Crippen molar-refractivity contribution in [1.29, 1.82) is 0 Å². The van der Waals surface area contributed by atoms with Crippen LogP contribution in [0, 0.1) is 13.8 Å². The van der Waals surface area contributed by atoms with E-state index in [2.05, 4.69) is 26.8 Å². The van der Waals surface area contributed by atoms with Gasteiger partial charge in [-0.3, -0.25) is 0 Å². The van der Waals surface area contributed by atoms with Crippen molar-refractivity contribution in [3.63, 3.8) is 0 Å². The highest BCUT2D eigenvalue weighted by Crippen LogP contribution is 2.22. The summed E-state index contributed by atoms with van der Waals surface area (Å²) in [4.78, 5) is 2.97. The molecule has 68 valence electrons. The zero-order valence-electron chi connectivity index (χ0n) is 8.31. The Balaban J connectivity index is 2.45. The maximum absolute atomic E-state index is 2.34. The van der Waals surface area contributed by atoms with Crippen molar-refractivity contribution < 1.29 is 0 Å². The molecule has 0 saturated heterocycles. The molecule has 1 heterocycles. The zero-order valence-corrected chi connectivity index (χ0v) is 9.13. The molecule has 0 amide bonds. The quantitative estimate of drug-likeness (QED) is 0.615. The molecule has 12 heavy (non-hydrogen) atoms. The fourth-order valence-corrected chi connectivity index (χ4v) is 2.47. The van der Waals surface area contributed by atoms with E-state index in [0.717, 1.165) is 0 Å². The number of thiophene rings is 1. The average molecular weight is 182 g/mol. The number of unbranched alkanes of at least 4 members (excludes halogenated alkanes) is 2. The van der Waals surface area contributed by atoms with Crippen LogP contribution in [0.1, 0.15) is 41.5 Å². The zero-order chi connectivity index (χ0) is 8.97. The molecule has 1 aromatic heterocycles. The average Bonchev–Trinajstić information content (AvgIpc) is 2.31. The molecular formula is C11H18S. The maximum Gasteiger partial charge on any atom is 0.00490 e. The van der Waals surface area contributed by atoms with Crippen molar-refractivity contribution >= 4 is 11.3 Å². The number of hydrogen-bond acceptors (Lipinski definition) is 1. The van der Waals surface area contributed by atoms with Crippen LogP contribution in [0.3, 0.4) is 0 Å². The number of rotatable bonds is 4. The summed E-state index contributed by atoms with van der Waals surface area (Å²) in [6.45, 7) is 6.69. The molecule has 0 aliphatic rings. The lowest BCUT2D eigenvalue weighted by molar-refractivity contribution is 0.717. The van der Waals surface area contributed by atoms with Crippen molar-refractivity contribution in [2.75, 3.05) is 0 Å². The van der Waals surface area contributed by atoms with E-state index in [1.807, 2.05) is 11.3 Å². The first kappa shape index (κ1) is 9.79. The van der Waals surface area contributed by atoms with Gasteiger partial charge < -0.3 is 0 Å². The van der Waals surface area contributed by atoms with Crippen molar-refractivity contribution in [1.82, 2.24) is 0 Å². The SMILES string of the molecule is CCCCCc1cc(C)sc1C. The van der Waals surface area contributed by atoms with Gasteiger partial charge in [0.05, 0.1) is 0 Å². The van der Waals surface area contributed by atoms with Crippen LogP contribution in [0.2, 0.25) is 0 Å². The molecule has 0 saturated carbocycles. The van der Waals surface area contributed by atoms with E-state index in [0.29, 0.717) is 0 Å². The van der Waals surface area contributed by atoms with E-state index >= 15 is 0 Å². The standard InChI is InChI=1S/C11H18S/c1-4-5-6-7-11-8-9(2)12-10(11)3/h8H,4-7H2,1-3H3. The number of aryl methyl sites for hydroxylation is 3. The Hall–Kier alpha value is -0.300. The maximum atomic E-state index is 2.34. The largest absolute Gasteiger partial charge is 0.146 e. The summed E-state index contributed by atoms with van der Waals surface area (Å²) in [5.41, 5.74) is 1.57. The van der Waals surface area contributed by atoms with E-state index in [1.165, 1.54) is 35.4 Å². The van der Waals surface area contributed by atoms with Gasteiger partial charge in [-0.05, 0) is 38.3 Å². The third-order valence-electron chi connectivity index (χ3n) is 2.19. The van der Waals surface area contributed by atoms with Crippen molar-refractivity contribution in [2.45, 2.75) is 46.5 Å². The van der Waals surface area contributed by atoms with Gasteiger partial charge in [-0.15, -0.1) is 11.3 Å². The van der Waals surface area contributed by atoms with Crippen LogP contribution in [0.4, 0.5) is 0 Å². The first-order valence-electron chi connectivity index (χ1n) is 4.80. The van der Waals surface area contributed by atoms with Gasteiger partial charge >= 0.3 is 0 Å². The molecular weight excluding hydrogens is 164 g/mol. The monoisotopic (exact) mass is 182 g/mol. The molecule has 0 aliphatic heterocycles. The smallest absolute Gasteiger partial charge is 0.00490 e. The summed E-state index contributed by atoms with van der Waals surface area (Å²) in [6.07, 6.45) is 5.33. The second kappa shape index (κ2) is 4.66. The van der Waals surface area contributed by atoms with Gasteiger partial charge in [0.2, 0.25) is 0 Å². The molecule has 1 heteroatoms. The van der Waals surface area contributed by atoms with E-state index in [4.69, 9.17) is 0 Å². The Bertz CT molecular complexity index is 235. The third-order valence-corrected chi connectivity index (χ3v) is 3.20. The van der Waals surface area contributed by atoms with Gasteiger partial charge in [0.1, 0.15) is 0 Å². The molecule has 0 fully saturated rings. The first-order valence-corrected chi connectivity index (χ1v) is 5.61. The Morgan fingerprint density at radius 2 is 2.00 bits per heavy atom. The summed E-state index contributed by atoms with van der Waals surface area (Å²) in [5.74, 6) is 0. The molecule has 0 atom stereocenters. The van der Waals surface area contributed by atoms with Gasteiger partial charge in [0, 0.05) is 9.75 Å². The van der Waals surface area contributed by atoms with Crippen LogP contribution in [0.5, 0.6) is 0 Å². The van der Waals surface area contributed by atoms with Crippen LogP contribution in [-0.4, -0.2) is 0 Å². The summed E-state index contributed by atoms with van der Waals surface area (Å²) >= 11 is 1.93. The predicted octanol–water partition coefficient (Wildman–Crippen LogP) is 4.10. The van der Waals surface area contributed by atoms with Crippen LogP contribution in [0.25, 0.3) is 0 Å². The van der Waals surface area contributed by atoms with Gasteiger partial charge in [-0.25, -0.2) is 0 Å². The van der Waals surface area contributed by atoms with Crippen LogP contribution in [-0.2, 0) is 6.42 Å². The van der Waals surface area contributed by atoms with Gasteiger partial charge in [-0.2, -0.15) is 0 Å². The van der Waals surface area contributed by atoms with E-state index in [-0.39, 0.29) is 0 Å². The summed E-state index contributed by atoms with van der Waals surface area (Å²) in [6, 6.07) is 2.34. The molecule has 0 aliphatic carbocycles. The molecule has 0 nitrogen and oxygen atoms in total. The molecule has 0 N–H and O–H groups in total. The minimum atomic E-state index is 1.28. The van der Waals surface area contributed by atoms with Crippen LogP contribution < -0.4 is 0 Å². The van der Waals surface area contributed by atoms with Crippen molar-refractivity contribution in [3.05, 3.63) is 21.4 Å². The second-order valence-electron chi connectivity index (χ2n) is 3.40. The van der Waals surface area contributed by atoms with E-state index < -0.39 is 0 Å². The predicted molar refractivity (Wildman–Crippen MR) is 57.0 cm³/mol. The van der Waals surface area contributed by atoms with E-state index in [9.17, 15) is 0 Å². The third kappa shape index (κ3) is 2.63. The minimum Gasteiger partial charge on any atom is -0.146 e. The highest BCUT2D eigenvalue weighted by atomic mass is 32.1. The Labute approximate surface area is 79.6 Å². The Morgan fingerprint density at radius 1 is 1.25 bits per heavy atom. The summed E-state index contributed by atoms with van der Waals surface area (Å²) in [5, 5.41) is 0. The minimum absolute atomic E-state index is 1.28. The highest BCUT2D eigenvalue weighted by molar-refractivity contribution is 7.12. The van der Waals surface area contributed by atoms with Crippen molar-refractivity contribution in [2.24, 2.45) is 0 Å². The molecule has 0 radical (unpaired) electrons. The lowest BCUT2D eigenvalue weighted by atomic mass is 10.1. The molecule has 0 spiro atoms. The highest BCUT2D eigenvalue weighted by Gasteiger charge is 2.01. The van der Waals surface area contributed by atoms with Gasteiger partial charge in [0.15, 0.2) is 0 Å². The van der Waals surface area contributed by atoms with Gasteiger partial charge in [0.25, 0.3) is 0 Å². The fourth-order valence-electron chi connectivity index (χ4n) is 1.50. The molecule has 1 aromatic rings. The number of hydrogen-bond donors (Lipinski definition) is 0. The molecule has 1 rings (SSSR count). The van der Waals surface area contributed by atoms with Crippen molar-refractivity contribution in [3.8, 4) is 0 Å². The Kier molecular flexibility index (Phi) is 3.80. The second-order valence-corrected chi connectivity index (χ2v) is 4.86. The summed E-state index contributed by atoms with van der Waals surface area (Å²) < 4.78 is 0. The molecule has 0 unspecified atom stereocenters. The van der Waals surface area contributed by atoms with Gasteiger partial charge in [-0.1, -0.05) is 19.8 Å². The lowest BCUT2D eigenvalue weighted by Crippen LogP contribution is -1.83. The van der Waals surface area contributed by atoms with Crippen LogP contribution in [0.15, 0.2) is 6.07 Å². The Morgan fingerprint density at radius 3 is 2.50 bits per heavy atom. The molecule has 0 bridgehead atoms. The lowest BCUT2D eigenvalue weighted by Gasteiger charge is -1.97. The van der Waals surface area contributed by atoms with Crippen LogP contribution >= 0.6 is 11.3 Å². The molecule has 0 aromatic carbocycles. The first-order chi connectivity index (χ1) is 5.74. The topological polar surface area (TPSA) is 0 Å². The fraction of sp³-hybridized carbons (Fsp3) is 0.636.